The van der Waals surface area contributed by atoms with Crippen molar-refractivity contribution in [2.24, 2.45) is 5.84 Å². The smallest absolute Gasteiger partial charge is 0.222 e. The lowest BCUT2D eigenvalue weighted by molar-refractivity contribution is -0.119. The van der Waals surface area contributed by atoms with Crippen molar-refractivity contribution in [3.05, 3.63) is 17.7 Å². The van der Waals surface area contributed by atoms with Crippen molar-refractivity contribution in [3.8, 4) is 0 Å². The molecule has 0 radical (unpaired) electrons. The fraction of sp³-hybridized carbons (Fsp3) is 0.333. The zero-order valence-electron chi connectivity index (χ0n) is 8.76. The van der Waals surface area contributed by atoms with Crippen LogP contribution in [0, 0.1) is 11.6 Å². The Bertz CT molecular complexity index is 453. The Morgan fingerprint density at radius 3 is 2.71 bits per heavy atom. The first-order valence-electron chi connectivity index (χ1n) is 4.96. The Labute approximate surface area is 95.6 Å². The zero-order valence-corrected chi connectivity index (χ0v) is 8.76. The maximum absolute atomic E-state index is 13.4. The lowest BCUT2D eigenvalue weighted by Crippen LogP contribution is -2.24. The molecule has 17 heavy (non-hydrogen) atoms. The molecule has 0 aliphatic carbocycles. The van der Waals surface area contributed by atoms with Crippen LogP contribution in [-0.2, 0) is 4.79 Å². The van der Waals surface area contributed by atoms with Gasteiger partial charge >= 0.3 is 0 Å². The van der Waals surface area contributed by atoms with Crippen molar-refractivity contribution in [1.82, 2.24) is 10.3 Å². The van der Waals surface area contributed by atoms with Gasteiger partial charge < -0.3 is 16.1 Å². The third-order valence-corrected chi connectivity index (χ3v) is 2.38. The molecule has 0 aromatic carbocycles. The van der Waals surface area contributed by atoms with Gasteiger partial charge in [0, 0.05) is 19.0 Å². The number of amides is 1. The van der Waals surface area contributed by atoms with Crippen molar-refractivity contribution in [2.75, 3.05) is 17.3 Å². The van der Waals surface area contributed by atoms with Crippen LogP contribution < -0.4 is 21.9 Å². The number of aromatic nitrogens is 1. The van der Waals surface area contributed by atoms with Crippen molar-refractivity contribution >= 4 is 17.5 Å². The van der Waals surface area contributed by atoms with E-state index in [1.165, 1.54) is 0 Å². The van der Waals surface area contributed by atoms with E-state index < -0.39 is 11.6 Å². The van der Waals surface area contributed by atoms with Crippen LogP contribution in [0.15, 0.2) is 6.07 Å². The second-order valence-electron chi connectivity index (χ2n) is 3.64. The molecule has 0 bridgehead atoms. The number of hydrazine groups is 1. The molecule has 2 heterocycles. The fourth-order valence-electron chi connectivity index (χ4n) is 1.57. The van der Waals surface area contributed by atoms with E-state index in [0.717, 1.165) is 0 Å². The molecule has 0 saturated carbocycles. The minimum atomic E-state index is -0.879. The molecule has 6 nitrogen and oxygen atoms in total. The van der Waals surface area contributed by atoms with Crippen LogP contribution in [0.3, 0.4) is 0 Å². The first-order valence-corrected chi connectivity index (χ1v) is 4.96. The standard InChI is InChI=1S/C9H11F2N5O/c10-5-2-6(11)9(16-12)15-8(5)14-4-1-7(17)13-3-4/h2,4H,1,3,12H2,(H,13,17)(H2,14,15,16). The summed E-state index contributed by atoms with van der Waals surface area (Å²) in [5.41, 5.74) is 2.02. The van der Waals surface area contributed by atoms with Gasteiger partial charge in [0.25, 0.3) is 0 Å². The van der Waals surface area contributed by atoms with Gasteiger partial charge in [-0.2, -0.15) is 0 Å². The summed E-state index contributed by atoms with van der Waals surface area (Å²) in [6.07, 6.45) is 0.226. The second-order valence-corrected chi connectivity index (χ2v) is 3.64. The number of hydrogen-bond donors (Lipinski definition) is 4. The molecule has 1 atom stereocenters. The van der Waals surface area contributed by atoms with Crippen LogP contribution in [-0.4, -0.2) is 23.5 Å². The molecule has 1 fully saturated rings. The van der Waals surface area contributed by atoms with Gasteiger partial charge in [-0.3, -0.25) is 4.79 Å². The average Bonchev–Trinajstić information content (AvgIpc) is 2.68. The van der Waals surface area contributed by atoms with Crippen molar-refractivity contribution in [1.29, 1.82) is 0 Å². The minimum Gasteiger partial charge on any atom is -0.363 e. The van der Waals surface area contributed by atoms with Crippen molar-refractivity contribution in [3.63, 3.8) is 0 Å². The first kappa shape index (κ1) is 11.5. The quantitative estimate of drug-likeness (QED) is 0.441. The Kier molecular flexibility index (Phi) is 3.05. The molecule has 92 valence electrons. The maximum Gasteiger partial charge on any atom is 0.222 e. The highest BCUT2D eigenvalue weighted by Crippen LogP contribution is 2.19. The summed E-state index contributed by atoms with van der Waals surface area (Å²) in [6.45, 7) is 0.378. The van der Waals surface area contributed by atoms with Gasteiger partial charge in [-0.25, -0.2) is 19.6 Å². The van der Waals surface area contributed by atoms with Gasteiger partial charge in [0.15, 0.2) is 23.3 Å². The van der Waals surface area contributed by atoms with E-state index >= 15 is 0 Å². The fourth-order valence-corrected chi connectivity index (χ4v) is 1.57. The second kappa shape index (κ2) is 4.50. The number of hydrogen-bond acceptors (Lipinski definition) is 5. The molecule has 1 unspecified atom stereocenters. The van der Waals surface area contributed by atoms with Crippen molar-refractivity contribution in [2.45, 2.75) is 12.5 Å². The summed E-state index contributed by atoms with van der Waals surface area (Å²) in [6, 6.07) is 0.412. The summed E-state index contributed by atoms with van der Waals surface area (Å²) >= 11 is 0. The number of nitrogens with two attached hydrogens (primary N) is 1. The molecule has 2 rings (SSSR count). The summed E-state index contributed by atoms with van der Waals surface area (Å²) in [7, 11) is 0. The number of anilines is 2. The number of halogens is 2. The van der Waals surface area contributed by atoms with E-state index in [4.69, 9.17) is 5.84 Å². The molecule has 1 aromatic rings. The zero-order chi connectivity index (χ0) is 12.4. The minimum absolute atomic E-state index is 0.123. The van der Waals surface area contributed by atoms with Gasteiger partial charge in [-0.05, 0) is 0 Å². The molecule has 1 amide bonds. The SMILES string of the molecule is NNc1nc(NC2CNC(=O)C2)c(F)cc1F. The van der Waals surface area contributed by atoms with E-state index in [1.807, 2.05) is 5.43 Å². The van der Waals surface area contributed by atoms with Gasteiger partial charge in [-0.15, -0.1) is 0 Å². The van der Waals surface area contributed by atoms with Gasteiger partial charge in [0.05, 0.1) is 6.04 Å². The van der Waals surface area contributed by atoms with Crippen LogP contribution in [0.1, 0.15) is 6.42 Å². The molecule has 8 heteroatoms. The summed E-state index contributed by atoms with van der Waals surface area (Å²) < 4.78 is 26.4. The topological polar surface area (TPSA) is 92.1 Å². The van der Waals surface area contributed by atoms with Crippen LogP contribution in [0.4, 0.5) is 20.4 Å². The highest BCUT2D eigenvalue weighted by Gasteiger charge is 2.23. The number of nitrogens with one attached hydrogen (secondary N) is 3. The summed E-state index contributed by atoms with van der Waals surface area (Å²) in [5.74, 6) is 2.80. The number of nitrogens with zero attached hydrogens (tertiary/aromatic N) is 1. The normalized spacial score (nSPS) is 19.0. The van der Waals surface area contributed by atoms with E-state index in [-0.39, 0.29) is 30.0 Å². The molecule has 0 spiro atoms. The molecule has 5 N–H and O–H groups in total. The van der Waals surface area contributed by atoms with Gasteiger partial charge in [0.1, 0.15) is 0 Å². The first-order chi connectivity index (χ1) is 8.10. The lowest BCUT2D eigenvalue weighted by atomic mass is 10.2. The molecular formula is C9H11F2N5O. The number of carbonyl (C=O) groups is 1. The number of pyridine rings is 1. The highest BCUT2D eigenvalue weighted by atomic mass is 19.1. The van der Waals surface area contributed by atoms with E-state index in [9.17, 15) is 13.6 Å². The Morgan fingerprint density at radius 1 is 1.41 bits per heavy atom. The number of nitrogen functional groups attached to an aromatic ring is 1. The van der Waals surface area contributed by atoms with Gasteiger partial charge in [0.2, 0.25) is 5.91 Å². The molecule has 1 saturated heterocycles. The molecule has 1 aliphatic heterocycles. The molecule has 1 aromatic heterocycles. The average molecular weight is 243 g/mol. The highest BCUT2D eigenvalue weighted by molar-refractivity contribution is 5.79. The Morgan fingerprint density at radius 2 is 2.12 bits per heavy atom. The van der Waals surface area contributed by atoms with Gasteiger partial charge in [-0.1, -0.05) is 0 Å². The third-order valence-electron chi connectivity index (χ3n) is 2.38. The van der Waals surface area contributed by atoms with E-state index in [2.05, 4.69) is 15.6 Å². The Balaban J connectivity index is 2.17. The number of carbonyl (C=O) groups excluding carboxylic acids is 1. The predicted molar refractivity (Wildman–Crippen MR) is 57.0 cm³/mol. The third kappa shape index (κ3) is 2.41. The summed E-state index contributed by atoms with van der Waals surface area (Å²) in [4.78, 5) is 14.6. The lowest BCUT2D eigenvalue weighted by Gasteiger charge is -2.13. The van der Waals surface area contributed by atoms with E-state index in [1.54, 1.807) is 0 Å². The van der Waals surface area contributed by atoms with Crippen LogP contribution >= 0.6 is 0 Å². The van der Waals surface area contributed by atoms with E-state index in [0.29, 0.717) is 12.6 Å². The van der Waals surface area contributed by atoms with Crippen molar-refractivity contribution < 1.29 is 13.6 Å². The Hall–Kier alpha value is -1.96. The maximum atomic E-state index is 13.4. The van der Waals surface area contributed by atoms with Crippen LogP contribution in [0.25, 0.3) is 0 Å². The van der Waals surface area contributed by atoms with Crippen LogP contribution in [0.5, 0.6) is 0 Å². The monoisotopic (exact) mass is 243 g/mol. The largest absolute Gasteiger partial charge is 0.363 e. The number of rotatable bonds is 3. The molecule has 1 aliphatic rings. The van der Waals surface area contributed by atoms with Crippen LogP contribution in [0.2, 0.25) is 0 Å². The summed E-state index contributed by atoms with van der Waals surface area (Å²) in [5, 5.41) is 5.29. The molecular weight excluding hydrogens is 232 g/mol. The predicted octanol–water partition coefficient (Wildman–Crippen LogP) is -0.0542.